The van der Waals surface area contributed by atoms with Crippen LogP contribution in [0.3, 0.4) is 0 Å². The average Bonchev–Trinajstić information content (AvgIpc) is 3.50. The van der Waals surface area contributed by atoms with Crippen LogP contribution in [-0.4, -0.2) is 0 Å². The molecule has 1 aliphatic rings. The number of anilines is 3. The Balaban J connectivity index is 1.14. The molecule has 0 unspecified atom stereocenters. The summed E-state index contributed by atoms with van der Waals surface area (Å²) in [6.07, 6.45) is 0. The third-order valence-electron chi connectivity index (χ3n) is 11.7. The fraction of sp³-hybridized carbons (Fsp3) is 0.0545. The van der Waals surface area contributed by atoms with Crippen LogP contribution in [0.25, 0.3) is 66.4 Å². The van der Waals surface area contributed by atoms with E-state index in [2.05, 4.69) is 231 Å². The molecular weight excluding hydrogens is 675 g/mol. The molecule has 0 heterocycles. The first-order valence-electron chi connectivity index (χ1n) is 19.5. The van der Waals surface area contributed by atoms with Crippen molar-refractivity contribution in [1.82, 2.24) is 0 Å². The summed E-state index contributed by atoms with van der Waals surface area (Å²) in [5.74, 6) is 0. The molecule has 0 fully saturated rings. The van der Waals surface area contributed by atoms with Crippen LogP contribution in [0.2, 0.25) is 0 Å². The van der Waals surface area contributed by atoms with Crippen LogP contribution in [0, 0.1) is 0 Å². The zero-order valence-electron chi connectivity index (χ0n) is 31.7. The summed E-state index contributed by atoms with van der Waals surface area (Å²) >= 11 is 0. The molecule has 10 rings (SSSR count). The van der Waals surface area contributed by atoms with Crippen molar-refractivity contribution in [3.8, 4) is 55.6 Å². The van der Waals surface area contributed by atoms with Crippen LogP contribution in [0.5, 0.6) is 0 Å². The van der Waals surface area contributed by atoms with Crippen molar-refractivity contribution in [2.45, 2.75) is 19.3 Å². The molecule has 0 N–H and O–H groups in total. The largest absolute Gasteiger partial charge is 0.310 e. The summed E-state index contributed by atoms with van der Waals surface area (Å²) in [4.78, 5) is 2.45. The minimum atomic E-state index is -0.177. The van der Waals surface area contributed by atoms with Crippen LogP contribution < -0.4 is 4.90 Å². The van der Waals surface area contributed by atoms with Crippen molar-refractivity contribution in [2.75, 3.05) is 4.90 Å². The van der Waals surface area contributed by atoms with E-state index in [9.17, 15) is 0 Å². The molecule has 1 nitrogen and oxygen atoms in total. The van der Waals surface area contributed by atoms with Gasteiger partial charge in [-0.15, -0.1) is 0 Å². The van der Waals surface area contributed by atoms with E-state index in [4.69, 9.17) is 0 Å². The molecule has 1 aliphatic carbocycles. The summed E-state index contributed by atoms with van der Waals surface area (Å²) in [6.45, 7) is 4.75. The lowest BCUT2D eigenvalue weighted by atomic mass is 9.81. The lowest BCUT2D eigenvalue weighted by Gasteiger charge is -2.30. The SMILES string of the molecule is CC1(C)c2cc(N(c3ccc(-c4cc5ccccc5cc4-c4ccccc4)cc3)c3ccccc3-c3ccccc3)ccc2-c2c(-c3ccccc3)cccc21. The van der Waals surface area contributed by atoms with Gasteiger partial charge in [0.2, 0.25) is 0 Å². The number of benzene rings is 9. The van der Waals surface area contributed by atoms with Crippen molar-refractivity contribution < 1.29 is 0 Å². The molecule has 0 aliphatic heterocycles. The summed E-state index contributed by atoms with van der Waals surface area (Å²) < 4.78 is 0. The molecule has 9 aromatic rings. The predicted molar refractivity (Wildman–Crippen MR) is 238 cm³/mol. The number of rotatable bonds is 7. The van der Waals surface area contributed by atoms with Crippen molar-refractivity contribution in [2.24, 2.45) is 0 Å². The van der Waals surface area contributed by atoms with Crippen LogP contribution in [0.15, 0.2) is 212 Å². The number of para-hydroxylation sites is 1. The fourth-order valence-electron chi connectivity index (χ4n) is 8.86. The lowest BCUT2D eigenvalue weighted by molar-refractivity contribution is 0.660. The van der Waals surface area contributed by atoms with Crippen molar-refractivity contribution in [1.29, 1.82) is 0 Å². The molecule has 56 heavy (non-hydrogen) atoms. The summed E-state index contributed by atoms with van der Waals surface area (Å²) in [6, 6.07) is 77.6. The van der Waals surface area contributed by atoms with E-state index in [0.717, 1.165) is 17.1 Å². The smallest absolute Gasteiger partial charge is 0.0540 e. The van der Waals surface area contributed by atoms with Gasteiger partial charge in [-0.2, -0.15) is 0 Å². The molecule has 0 amide bonds. The summed E-state index contributed by atoms with van der Waals surface area (Å²) in [7, 11) is 0. The zero-order chi connectivity index (χ0) is 37.6. The van der Waals surface area contributed by atoms with Crippen molar-refractivity contribution >= 4 is 27.8 Å². The topological polar surface area (TPSA) is 3.24 Å². The van der Waals surface area contributed by atoms with E-state index >= 15 is 0 Å². The Bertz CT molecular complexity index is 2850. The minimum absolute atomic E-state index is 0.177. The van der Waals surface area contributed by atoms with Gasteiger partial charge in [-0.25, -0.2) is 0 Å². The van der Waals surface area contributed by atoms with Crippen LogP contribution >= 0.6 is 0 Å². The Morgan fingerprint density at radius 1 is 0.321 bits per heavy atom. The normalized spacial score (nSPS) is 12.6. The average molecular weight is 716 g/mol. The first kappa shape index (κ1) is 33.6. The van der Waals surface area contributed by atoms with Gasteiger partial charge in [0.25, 0.3) is 0 Å². The van der Waals surface area contributed by atoms with Gasteiger partial charge in [0.05, 0.1) is 5.69 Å². The van der Waals surface area contributed by atoms with Gasteiger partial charge in [0.15, 0.2) is 0 Å². The van der Waals surface area contributed by atoms with E-state index in [1.807, 2.05) is 0 Å². The van der Waals surface area contributed by atoms with Gasteiger partial charge >= 0.3 is 0 Å². The van der Waals surface area contributed by atoms with Gasteiger partial charge in [0, 0.05) is 22.4 Å². The standard InChI is InChI=1S/C55H41N/c1-55(2)51-27-16-26-47(39-19-8-4-9-20-39)54(51)48-34-33-45(37-52(48)55)56(53-28-15-14-25-46(53)38-17-6-3-7-18-38)44-31-29-41(30-32-44)50-36-43-24-13-12-23-42(43)35-49(50)40-21-10-5-11-22-40/h3-37H,1-2H3. The highest BCUT2D eigenvalue weighted by Crippen LogP contribution is 2.54. The van der Waals surface area contributed by atoms with E-state index in [-0.39, 0.29) is 5.41 Å². The predicted octanol–water partition coefficient (Wildman–Crippen LogP) is 15.3. The molecule has 0 radical (unpaired) electrons. The molecule has 266 valence electrons. The molecule has 0 atom stereocenters. The second-order valence-electron chi connectivity index (χ2n) is 15.3. The van der Waals surface area contributed by atoms with E-state index in [0.29, 0.717) is 0 Å². The van der Waals surface area contributed by atoms with Gasteiger partial charge in [-0.1, -0.05) is 184 Å². The highest BCUT2D eigenvalue weighted by molar-refractivity contribution is 5.98. The van der Waals surface area contributed by atoms with Crippen molar-refractivity contribution in [3.05, 3.63) is 223 Å². The maximum atomic E-state index is 2.45. The quantitative estimate of drug-likeness (QED) is 0.159. The summed E-state index contributed by atoms with van der Waals surface area (Å²) in [5.41, 5.74) is 18.4. The molecule has 0 saturated heterocycles. The molecule has 9 aromatic carbocycles. The van der Waals surface area contributed by atoms with Gasteiger partial charge in [-0.3, -0.25) is 0 Å². The fourth-order valence-corrected chi connectivity index (χ4v) is 8.86. The second-order valence-corrected chi connectivity index (χ2v) is 15.3. The summed E-state index contributed by atoms with van der Waals surface area (Å²) in [5, 5.41) is 2.48. The number of hydrogen-bond donors (Lipinski definition) is 0. The Hall–Kier alpha value is -6.96. The molecule has 0 aromatic heterocycles. The Kier molecular flexibility index (Phi) is 8.23. The Morgan fingerprint density at radius 3 is 1.43 bits per heavy atom. The van der Waals surface area contributed by atoms with Crippen molar-refractivity contribution in [3.63, 3.8) is 0 Å². The highest BCUT2D eigenvalue weighted by Gasteiger charge is 2.37. The minimum Gasteiger partial charge on any atom is -0.310 e. The van der Waals surface area contributed by atoms with E-state index in [1.165, 1.54) is 77.5 Å². The third kappa shape index (κ3) is 5.72. The van der Waals surface area contributed by atoms with Gasteiger partial charge in [-0.05, 0) is 114 Å². The van der Waals surface area contributed by atoms with Gasteiger partial charge in [0.1, 0.15) is 0 Å². The monoisotopic (exact) mass is 715 g/mol. The maximum absolute atomic E-state index is 2.45. The van der Waals surface area contributed by atoms with Gasteiger partial charge < -0.3 is 4.90 Å². The first-order valence-corrected chi connectivity index (χ1v) is 19.5. The van der Waals surface area contributed by atoms with Crippen LogP contribution in [-0.2, 0) is 5.41 Å². The van der Waals surface area contributed by atoms with Crippen LogP contribution in [0.4, 0.5) is 17.1 Å². The Labute approximate surface area is 329 Å². The zero-order valence-corrected chi connectivity index (χ0v) is 31.7. The first-order chi connectivity index (χ1) is 27.5. The van der Waals surface area contributed by atoms with E-state index in [1.54, 1.807) is 0 Å². The highest BCUT2D eigenvalue weighted by atomic mass is 15.1. The molecule has 0 bridgehead atoms. The maximum Gasteiger partial charge on any atom is 0.0540 e. The number of nitrogens with zero attached hydrogens (tertiary/aromatic N) is 1. The van der Waals surface area contributed by atoms with E-state index < -0.39 is 0 Å². The molecule has 0 saturated carbocycles. The van der Waals surface area contributed by atoms with Crippen LogP contribution in [0.1, 0.15) is 25.0 Å². The lowest BCUT2D eigenvalue weighted by Crippen LogP contribution is -2.17. The third-order valence-corrected chi connectivity index (χ3v) is 11.7. The molecule has 0 spiro atoms. The molecular formula is C55H41N. The molecule has 1 heteroatoms. The number of hydrogen-bond acceptors (Lipinski definition) is 1. The Morgan fingerprint density at radius 2 is 0.804 bits per heavy atom. The second kappa shape index (κ2) is 13.7. The number of fused-ring (bicyclic) bond motifs is 4.